The van der Waals surface area contributed by atoms with Gasteiger partial charge in [0.25, 0.3) is 0 Å². The first kappa shape index (κ1) is 14.9. The van der Waals surface area contributed by atoms with E-state index in [4.69, 9.17) is 5.26 Å². The van der Waals surface area contributed by atoms with Crippen molar-refractivity contribution in [3.05, 3.63) is 58.3 Å². The fraction of sp³-hybridized carbons (Fsp3) is 0.133. The molecule has 0 aliphatic heterocycles. The van der Waals surface area contributed by atoms with Gasteiger partial charge in [-0.25, -0.2) is 4.39 Å². The van der Waals surface area contributed by atoms with Crippen LogP contribution in [-0.2, 0) is 0 Å². The van der Waals surface area contributed by atoms with Gasteiger partial charge < -0.3 is 5.32 Å². The summed E-state index contributed by atoms with van der Waals surface area (Å²) >= 11 is 4.80. The van der Waals surface area contributed by atoms with Crippen LogP contribution in [-0.4, -0.2) is 12.3 Å². The summed E-state index contributed by atoms with van der Waals surface area (Å²) in [4.78, 5) is 1.19. The third-order valence-corrected chi connectivity index (χ3v) is 4.42. The Morgan fingerprint density at radius 3 is 2.65 bits per heavy atom. The van der Waals surface area contributed by atoms with E-state index >= 15 is 0 Å². The highest BCUT2D eigenvalue weighted by Gasteiger charge is 2.10. The molecule has 5 heteroatoms. The molecule has 2 aromatic carbocycles. The Balaban J connectivity index is 1.89. The predicted molar refractivity (Wildman–Crippen MR) is 84.5 cm³/mol. The van der Waals surface area contributed by atoms with Crippen molar-refractivity contribution in [1.29, 1.82) is 5.26 Å². The van der Waals surface area contributed by atoms with Crippen LogP contribution < -0.4 is 5.32 Å². The zero-order valence-corrected chi connectivity index (χ0v) is 13.0. The summed E-state index contributed by atoms with van der Waals surface area (Å²) in [6, 6.07) is 15.2. The molecule has 0 bridgehead atoms. The average Bonchev–Trinajstić information content (AvgIpc) is 2.49. The molecule has 20 heavy (non-hydrogen) atoms. The van der Waals surface area contributed by atoms with Crippen LogP contribution in [0.15, 0.2) is 51.8 Å². The number of thioether (sulfide) groups is 1. The second-order valence-electron chi connectivity index (χ2n) is 3.99. The Bertz CT molecular complexity index is 626. The number of halogens is 2. The lowest BCUT2D eigenvalue weighted by atomic mass is 10.2. The van der Waals surface area contributed by atoms with Crippen LogP contribution in [0.2, 0.25) is 0 Å². The summed E-state index contributed by atoms with van der Waals surface area (Å²) < 4.78 is 14.1. The molecule has 1 N–H and O–H groups in total. The van der Waals surface area contributed by atoms with Crippen LogP contribution >= 0.6 is 27.7 Å². The Morgan fingerprint density at radius 2 is 1.95 bits per heavy atom. The van der Waals surface area contributed by atoms with Crippen molar-refractivity contribution in [2.45, 2.75) is 4.90 Å². The zero-order chi connectivity index (χ0) is 14.4. The van der Waals surface area contributed by atoms with Gasteiger partial charge in [0.2, 0.25) is 0 Å². The van der Waals surface area contributed by atoms with Crippen molar-refractivity contribution in [2.75, 3.05) is 17.6 Å². The molecule has 0 atom stereocenters. The number of benzene rings is 2. The molecule has 2 rings (SSSR count). The molecule has 2 nitrogen and oxygen atoms in total. The van der Waals surface area contributed by atoms with Gasteiger partial charge in [-0.1, -0.05) is 18.2 Å². The van der Waals surface area contributed by atoms with E-state index in [9.17, 15) is 4.39 Å². The number of nitrogens with one attached hydrogen (secondary N) is 1. The Kier molecular flexibility index (Phi) is 5.45. The maximum atomic E-state index is 13.9. The summed E-state index contributed by atoms with van der Waals surface area (Å²) in [5.41, 5.74) is 0.705. The van der Waals surface area contributed by atoms with Gasteiger partial charge in [-0.3, -0.25) is 0 Å². The number of rotatable bonds is 5. The molecular formula is C15H12BrFN2S. The van der Waals surface area contributed by atoms with Crippen LogP contribution in [0.5, 0.6) is 0 Å². The van der Waals surface area contributed by atoms with Gasteiger partial charge >= 0.3 is 0 Å². The van der Waals surface area contributed by atoms with Crippen LogP contribution in [0.4, 0.5) is 10.1 Å². The van der Waals surface area contributed by atoms with Crippen molar-refractivity contribution < 1.29 is 4.39 Å². The van der Waals surface area contributed by atoms with E-state index in [2.05, 4.69) is 21.2 Å². The normalized spacial score (nSPS) is 10.1. The molecule has 0 radical (unpaired) electrons. The summed E-state index contributed by atoms with van der Waals surface area (Å²) in [5, 5.41) is 11.8. The standard InChI is InChI=1S/C15H12BrFN2S/c16-14-11(10-18)6-7-13(15(14)17)19-8-9-20-12-4-2-1-3-5-12/h1-7,19H,8-9H2. The minimum absolute atomic E-state index is 0.209. The first-order valence-corrected chi connectivity index (χ1v) is 7.80. The van der Waals surface area contributed by atoms with Crippen LogP contribution in [0.1, 0.15) is 5.56 Å². The molecule has 102 valence electrons. The van der Waals surface area contributed by atoms with Gasteiger partial charge in [-0.15, -0.1) is 11.8 Å². The van der Waals surface area contributed by atoms with Crippen molar-refractivity contribution in [3.8, 4) is 6.07 Å². The number of anilines is 1. The predicted octanol–water partition coefficient (Wildman–Crippen LogP) is 4.66. The van der Waals surface area contributed by atoms with Crippen LogP contribution in [0, 0.1) is 17.1 Å². The molecule has 0 spiro atoms. The fourth-order valence-electron chi connectivity index (χ4n) is 1.64. The van der Waals surface area contributed by atoms with Crippen molar-refractivity contribution >= 4 is 33.4 Å². The minimum Gasteiger partial charge on any atom is -0.382 e. The van der Waals surface area contributed by atoms with E-state index in [0.717, 1.165) is 5.75 Å². The van der Waals surface area contributed by atoms with Gasteiger partial charge in [0.05, 0.1) is 15.7 Å². The lowest BCUT2D eigenvalue weighted by molar-refractivity contribution is 0.623. The molecule has 0 amide bonds. The average molecular weight is 351 g/mol. The fourth-order valence-corrected chi connectivity index (χ4v) is 2.87. The van der Waals surface area contributed by atoms with E-state index < -0.39 is 5.82 Å². The summed E-state index contributed by atoms with van der Waals surface area (Å²) in [6.45, 7) is 0.648. The molecule has 0 aromatic heterocycles. The smallest absolute Gasteiger partial charge is 0.161 e. The Labute approximate surface area is 130 Å². The lowest BCUT2D eigenvalue weighted by Gasteiger charge is -2.09. The van der Waals surface area contributed by atoms with E-state index in [1.807, 2.05) is 36.4 Å². The monoisotopic (exact) mass is 350 g/mol. The molecular weight excluding hydrogens is 339 g/mol. The minimum atomic E-state index is -0.422. The summed E-state index contributed by atoms with van der Waals surface area (Å²) in [6.07, 6.45) is 0. The lowest BCUT2D eigenvalue weighted by Crippen LogP contribution is -2.06. The van der Waals surface area contributed by atoms with Gasteiger partial charge in [0, 0.05) is 17.2 Å². The highest BCUT2D eigenvalue weighted by atomic mass is 79.9. The second-order valence-corrected chi connectivity index (χ2v) is 5.95. The maximum Gasteiger partial charge on any atom is 0.161 e. The third kappa shape index (κ3) is 3.75. The zero-order valence-electron chi connectivity index (χ0n) is 10.6. The number of nitrogens with zero attached hydrogens (tertiary/aromatic N) is 1. The maximum absolute atomic E-state index is 13.9. The molecule has 0 heterocycles. The largest absolute Gasteiger partial charge is 0.382 e. The van der Waals surface area contributed by atoms with E-state index in [0.29, 0.717) is 17.8 Å². The number of hydrogen-bond donors (Lipinski definition) is 1. The summed E-state index contributed by atoms with van der Waals surface area (Å²) in [7, 11) is 0. The first-order valence-electron chi connectivity index (χ1n) is 6.02. The van der Waals surface area contributed by atoms with Crippen molar-refractivity contribution in [1.82, 2.24) is 0 Å². The number of nitriles is 1. The summed E-state index contributed by atoms with van der Waals surface area (Å²) in [5.74, 6) is 0.412. The molecule has 0 aliphatic rings. The number of hydrogen-bond acceptors (Lipinski definition) is 3. The van der Waals surface area contributed by atoms with Gasteiger partial charge in [-0.2, -0.15) is 5.26 Å². The molecule has 0 fully saturated rings. The molecule has 0 saturated carbocycles. The molecule has 0 aliphatic carbocycles. The van der Waals surface area contributed by atoms with Crippen molar-refractivity contribution in [3.63, 3.8) is 0 Å². The second kappa shape index (κ2) is 7.32. The van der Waals surface area contributed by atoms with Crippen LogP contribution in [0.3, 0.4) is 0 Å². The van der Waals surface area contributed by atoms with E-state index in [-0.39, 0.29) is 4.47 Å². The van der Waals surface area contributed by atoms with Gasteiger partial charge in [-0.05, 0) is 40.2 Å². The molecule has 0 unspecified atom stereocenters. The highest BCUT2D eigenvalue weighted by molar-refractivity contribution is 9.10. The van der Waals surface area contributed by atoms with Gasteiger partial charge in [0.1, 0.15) is 6.07 Å². The van der Waals surface area contributed by atoms with E-state index in [1.165, 1.54) is 4.90 Å². The highest BCUT2D eigenvalue weighted by Crippen LogP contribution is 2.26. The van der Waals surface area contributed by atoms with Crippen molar-refractivity contribution in [2.24, 2.45) is 0 Å². The van der Waals surface area contributed by atoms with Gasteiger partial charge in [0.15, 0.2) is 5.82 Å². The Morgan fingerprint density at radius 1 is 1.20 bits per heavy atom. The molecule has 0 saturated heterocycles. The van der Waals surface area contributed by atoms with Crippen LogP contribution in [0.25, 0.3) is 0 Å². The first-order chi connectivity index (χ1) is 9.72. The third-order valence-electron chi connectivity index (χ3n) is 2.63. The topological polar surface area (TPSA) is 35.8 Å². The van der Waals surface area contributed by atoms with E-state index in [1.54, 1.807) is 23.9 Å². The SMILES string of the molecule is N#Cc1ccc(NCCSc2ccccc2)c(F)c1Br. The Hall–Kier alpha value is -1.51. The quantitative estimate of drug-likeness (QED) is 0.628. The molecule has 2 aromatic rings.